The van der Waals surface area contributed by atoms with Gasteiger partial charge in [0, 0.05) is 51.9 Å². The topological polar surface area (TPSA) is 339 Å². The van der Waals surface area contributed by atoms with E-state index in [1.165, 1.54) is 0 Å². The second-order valence-electron chi connectivity index (χ2n) is 13.1. The minimum absolute atomic E-state index is 0.0674. The number of amides is 4. The van der Waals surface area contributed by atoms with Crippen LogP contribution in [0, 0.1) is 5.41 Å². The highest BCUT2D eigenvalue weighted by Crippen LogP contribution is 2.21. The third kappa shape index (κ3) is 39.3. The Bertz CT molecular complexity index is 1080. The number of nitrogens with one attached hydrogen (secondary N) is 4. The molecule has 4 amide bonds. The van der Waals surface area contributed by atoms with Crippen LogP contribution in [0.1, 0.15) is 51.4 Å². The van der Waals surface area contributed by atoms with Crippen LogP contribution in [0.5, 0.6) is 0 Å². The molecule has 0 bridgehead atoms. The summed E-state index contributed by atoms with van der Waals surface area (Å²) in [4.78, 5) is 89.4. The second kappa shape index (κ2) is 38.4. The van der Waals surface area contributed by atoms with Crippen LogP contribution < -0.4 is 21.3 Å². The normalized spacial score (nSPS) is 11.1. The first-order valence-electron chi connectivity index (χ1n) is 19.8. The first kappa shape index (κ1) is 56.4. The van der Waals surface area contributed by atoms with Gasteiger partial charge < -0.3 is 79.6 Å². The molecule has 0 spiro atoms. The summed E-state index contributed by atoms with van der Waals surface area (Å²) < 4.78 is 45.9. The molecule has 0 fully saturated rings. The number of hydrogen-bond donors (Lipinski definition) is 8. The number of ether oxygens (including phenoxy) is 8. The lowest BCUT2D eigenvalue weighted by molar-refractivity contribution is -0.139. The number of carboxylic acid groups (broad SMARTS) is 4. The number of carbonyl (C=O) groups is 8. The Morgan fingerprint density at radius 2 is 0.492 bits per heavy atom. The lowest BCUT2D eigenvalue weighted by atomic mass is 9.92. The average Bonchev–Trinajstić information content (AvgIpc) is 3.21. The SMILES string of the molecule is O=C(O)CCC(=O)NCCOCCOCC(COCCOCCNC(=O)CCC(=O)O)(COCCOCCNC(=O)CCC(=O)O)COCCOCCNC(=O)CCC(=O)O. The lowest BCUT2D eigenvalue weighted by Gasteiger charge is -2.33. The number of hydrogen-bond acceptors (Lipinski definition) is 16. The molecule has 0 unspecified atom stereocenters. The molecule has 0 aromatic rings. The van der Waals surface area contributed by atoms with Crippen molar-refractivity contribution in [2.75, 3.05) is 132 Å². The van der Waals surface area contributed by atoms with Crippen molar-refractivity contribution in [3.8, 4) is 0 Å². The second-order valence-corrected chi connectivity index (χ2v) is 13.1. The summed E-state index contributed by atoms with van der Waals surface area (Å²) in [5.74, 6) is -5.94. The Morgan fingerprint density at radius 1 is 0.295 bits per heavy atom. The van der Waals surface area contributed by atoms with Crippen molar-refractivity contribution < 1.29 is 96.7 Å². The van der Waals surface area contributed by atoms with E-state index in [9.17, 15) is 38.4 Å². The summed E-state index contributed by atoms with van der Waals surface area (Å²) in [6, 6.07) is 0. The van der Waals surface area contributed by atoms with Crippen LogP contribution in [0.25, 0.3) is 0 Å². The Hall–Kier alpha value is -4.56. The van der Waals surface area contributed by atoms with Gasteiger partial charge in [-0.15, -0.1) is 0 Å². The van der Waals surface area contributed by atoms with Crippen molar-refractivity contribution in [3.05, 3.63) is 0 Å². The fourth-order valence-electron chi connectivity index (χ4n) is 4.57. The van der Waals surface area contributed by atoms with Crippen LogP contribution in [0.2, 0.25) is 0 Å². The highest BCUT2D eigenvalue weighted by molar-refractivity contribution is 5.82. The van der Waals surface area contributed by atoms with E-state index in [1.54, 1.807) is 0 Å². The van der Waals surface area contributed by atoms with Gasteiger partial charge in [0.15, 0.2) is 0 Å². The highest BCUT2D eigenvalue weighted by atomic mass is 16.6. The van der Waals surface area contributed by atoms with Crippen LogP contribution >= 0.6 is 0 Å². The van der Waals surface area contributed by atoms with Gasteiger partial charge in [-0.1, -0.05) is 0 Å². The smallest absolute Gasteiger partial charge is 0.303 e. The molecule has 8 N–H and O–H groups in total. The van der Waals surface area contributed by atoms with Crippen molar-refractivity contribution in [3.63, 3.8) is 0 Å². The molecule has 0 saturated heterocycles. The number of rotatable bonds is 44. The molecule has 24 nitrogen and oxygen atoms in total. The van der Waals surface area contributed by atoms with Crippen molar-refractivity contribution in [2.24, 2.45) is 5.41 Å². The van der Waals surface area contributed by atoms with Gasteiger partial charge in [-0.25, -0.2) is 0 Å². The fourth-order valence-corrected chi connectivity index (χ4v) is 4.57. The zero-order chi connectivity index (χ0) is 45.4. The van der Waals surface area contributed by atoms with E-state index < -0.39 is 52.9 Å². The van der Waals surface area contributed by atoms with Gasteiger partial charge in [-0.2, -0.15) is 0 Å². The van der Waals surface area contributed by atoms with Crippen molar-refractivity contribution >= 4 is 47.5 Å². The maximum atomic E-state index is 11.7. The molecule has 0 radical (unpaired) electrons. The van der Waals surface area contributed by atoms with Gasteiger partial charge in [-0.05, 0) is 0 Å². The zero-order valence-corrected chi connectivity index (χ0v) is 34.6. The van der Waals surface area contributed by atoms with Crippen LogP contribution in [0.3, 0.4) is 0 Å². The molecule has 61 heavy (non-hydrogen) atoms. The van der Waals surface area contributed by atoms with E-state index in [2.05, 4.69) is 21.3 Å². The van der Waals surface area contributed by atoms with Crippen LogP contribution in [-0.2, 0) is 76.3 Å². The Balaban J connectivity index is 5.22. The van der Waals surface area contributed by atoms with Crippen molar-refractivity contribution in [1.82, 2.24) is 21.3 Å². The van der Waals surface area contributed by atoms with Gasteiger partial charge in [0.1, 0.15) is 0 Å². The third-order valence-corrected chi connectivity index (χ3v) is 7.66. The summed E-state index contributed by atoms with van der Waals surface area (Å²) in [7, 11) is 0. The Kier molecular flexibility index (Phi) is 35.5. The summed E-state index contributed by atoms with van der Waals surface area (Å²) in [6.45, 7) is 2.80. The van der Waals surface area contributed by atoms with E-state index in [1.807, 2.05) is 0 Å². The molecule has 352 valence electrons. The minimum atomic E-state index is -1.07. The molecule has 0 saturated carbocycles. The lowest BCUT2D eigenvalue weighted by Crippen LogP contribution is -2.43. The van der Waals surface area contributed by atoms with E-state index in [0.717, 1.165) is 0 Å². The molecule has 0 aliphatic rings. The summed E-state index contributed by atoms with van der Waals surface area (Å²) >= 11 is 0. The zero-order valence-electron chi connectivity index (χ0n) is 34.6. The predicted octanol–water partition coefficient (Wildman–Crippen LogP) is -1.97. The largest absolute Gasteiger partial charge is 0.481 e. The van der Waals surface area contributed by atoms with Gasteiger partial charge >= 0.3 is 23.9 Å². The third-order valence-electron chi connectivity index (χ3n) is 7.66. The quantitative estimate of drug-likeness (QED) is 0.0308. The molecule has 0 aliphatic carbocycles. The molecule has 0 rings (SSSR count). The van der Waals surface area contributed by atoms with Crippen LogP contribution in [0.15, 0.2) is 0 Å². The Labute approximate surface area is 353 Å². The average molecular weight is 885 g/mol. The molecule has 0 heterocycles. The molecule has 0 aliphatic heterocycles. The first-order chi connectivity index (χ1) is 29.2. The first-order valence-corrected chi connectivity index (χ1v) is 19.8. The monoisotopic (exact) mass is 884 g/mol. The fraction of sp³-hybridized carbons (Fsp3) is 0.784. The number of carboxylic acids is 4. The molecular weight excluding hydrogens is 820 g/mol. The van der Waals surface area contributed by atoms with Crippen molar-refractivity contribution in [1.29, 1.82) is 0 Å². The van der Waals surface area contributed by atoms with Gasteiger partial charge in [0.2, 0.25) is 23.6 Å². The summed E-state index contributed by atoms with van der Waals surface area (Å²) in [5.41, 5.74) is -0.896. The van der Waals surface area contributed by atoms with Gasteiger partial charge in [0.25, 0.3) is 0 Å². The number of carbonyl (C=O) groups excluding carboxylic acids is 4. The minimum Gasteiger partial charge on any atom is -0.481 e. The standard InChI is InChI=1S/C37H64N4O20/c42-29(1-5-33(46)47)38-9-13-54-17-21-58-25-37(26-59-22-18-55-14-10-39-30(43)2-6-34(48)49,27-60-23-19-56-15-11-40-31(44)3-7-35(50)51)28-61-24-20-57-16-12-41-32(45)4-8-36(52)53/h1-28H2,(H,38,42)(H,39,43)(H,40,44)(H,41,45)(H,46,47)(H,48,49)(H,50,51)(H,52,53). The molecule has 0 atom stereocenters. The van der Waals surface area contributed by atoms with E-state index >= 15 is 0 Å². The predicted molar refractivity (Wildman–Crippen MR) is 209 cm³/mol. The summed E-state index contributed by atoms with van der Waals surface area (Å²) in [6.07, 6.45) is -1.70. The maximum Gasteiger partial charge on any atom is 0.303 e. The van der Waals surface area contributed by atoms with Crippen LogP contribution in [0.4, 0.5) is 0 Å². The Morgan fingerprint density at radius 3 is 0.689 bits per heavy atom. The van der Waals surface area contributed by atoms with Crippen molar-refractivity contribution in [2.45, 2.75) is 51.4 Å². The summed E-state index contributed by atoms with van der Waals surface area (Å²) in [5, 5.41) is 45.1. The van der Waals surface area contributed by atoms with E-state index in [-0.39, 0.29) is 183 Å². The van der Waals surface area contributed by atoms with Gasteiger partial charge in [0.05, 0.1) is 137 Å². The van der Waals surface area contributed by atoms with E-state index in [4.69, 9.17) is 58.3 Å². The highest BCUT2D eigenvalue weighted by Gasteiger charge is 2.32. The maximum absolute atomic E-state index is 11.7. The molecule has 24 heteroatoms. The van der Waals surface area contributed by atoms with Crippen LogP contribution in [-0.4, -0.2) is 200 Å². The molecule has 0 aromatic heterocycles. The van der Waals surface area contributed by atoms with Gasteiger partial charge in [-0.3, -0.25) is 38.4 Å². The van der Waals surface area contributed by atoms with E-state index in [0.29, 0.717) is 0 Å². The molecule has 0 aromatic carbocycles. The molecular formula is C37H64N4O20. The number of aliphatic carboxylic acids is 4.